The van der Waals surface area contributed by atoms with Crippen LogP contribution in [-0.4, -0.2) is 118 Å². The van der Waals surface area contributed by atoms with Crippen molar-refractivity contribution in [1.29, 1.82) is 0 Å². The Balaban J connectivity index is 0.987. The molecule has 3 aliphatic heterocycles. The van der Waals surface area contributed by atoms with E-state index in [1.165, 1.54) is 35.2 Å². The number of H-pyrrole nitrogens is 1. The summed E-state index contributed by atoms with van der Waals surface area (Å²) in [6, 6.07) is 7.59. The molecular formula is C38H44ClF2N8O4+. The van der Waals surface area contributed by atoms with Crippen molar-refractivity contribution in [2.24, 2.45) is 13.0 Å². The molecule has 53 heavy (non-hydrogen) atoms. The summed E-state index contributed by atoms with van der Waals surface area (Å²) in [5.74, 6) is -2.67. The zero-order chi connectivity index (χ0) is 37.4. The standard InChI is InChI=1S/C38H43ClF2N8O4/c1-46-31(28-7-6-26(32(40)33(28)41)29-21-43-45-34(29)23-10-18-53-19-11-23)22-42-35(46)36(50)44-25-4-5-27(30(39)20-25)38(52)48-14-12-47(13-15-48)37(51)24-8-16-49(2,3)17-9-24/h4-7,20-24H,8-19H2,1-3H3,(H-,43,44,45,50,52)/p+1. The lowest BCUT2D eigenvalue weighted by Crippen LogP contribution is -2.54. The minimum absolute atomic E-state index is 0.0397. The number of quaternary nitrogens is 1. The highest BCUT2D eigenvalue weighted by Gasteiger charge is 2.35. The van der Waals surface area contributed by atoms with Crippen LogP contribution < -0.4 is 5.32 Å². The number of likely N-dealkylation sites (tertiary alicyclic amines) is 1. The average molecular weight is 750 g/mol. The van der Waals surface area contributed by atoms with E-state index in [-0.39, 0.29) is 56.9 Å². The smallest absolute Gasteiger partial charge is 0.291 e. The van der Waals surface area contributed by atoms with E-state index in [1.807, 2.05) is 4.90 Å². The Morgan fingerprint density at radius 2 is 1.57 bits per heavy atom. The Bertz CT molecular complexity index is 2020. The molecule has 0 spiro atoms. The van der Waals surface area contributed by atoms with Gasteiger partial charge in [0.1, 0.15) is 0 Å². The second-order valence-corrected chi connectivity index (χ2v) is 15.2. The number of rotatable bonds is 7. The molecule has 5 heterocycles. The summed E-state index contributed by atoms with van der Waals surface area (Å²) in [5, 5.41) is 9.96. The van der Waals surface area contributed by atoms with Gasteiger partial charge in [-0.1, -0.05) is 17.7 Å². The first-order valence-electron chi connectivity index (χ1n) is 18.0. The topological polar surface area (TPSA) is 125 Å². The number of ether oxygens (including phenoxy) is 1. The summed E-state index contributed by atoms with van der Waals surface area (Å²) in [4.78, 5) is 47.6. The molecule has 2 N–H and O–H groups in total. The molecule has 3 saturated heterocycles. The Morgan fingerprint density at radius 3 is 2.26 bits per heavy atom. The van der Waals surface area contributed by atoms with Gasteiger partial charge in [-0.25, -0.2) is 13.8 Å². The first-order valence-corrected chi connectivity index (χ1v) is 18.4. The van der Waals surface area contributed by atoms with Gasteiger partial charge in [0, 0.05) is 99.2 Å². The highest BCUT2D eigenvalue weighted by molar-refractivity contribution is 6.34. The van der Waals surface area contributed by atoms with Crippen LogP contribution in [0.15, 0.2) is 42.7 Å². The number of aromatic amines is 1. The molecule has 4 aromatic rings. The fourth-order valence-corrected chi connectivity index (χ4v) is 7.92. The molecular weight excluding hydrogens is 706 g/mol. The number of carbonyl (C=O) groups is 3. The number of aromatic nitrogens is 4. The van der Waals surface area contributed by atoms with Crippen molar-refractivity contribution in [2.75, 3.05) is 71.9 Å². The number of piperidine rings is 1. The molecule has 0 bridgehead atoms. The van der Waals surface area contributed by atoms with Gasteiger partial charge in [0.25, 0.3) is 11.8 Å². The van der Waals surface area contributed by atoms with Crippen molar-refractivity contribution < 1.29 is 32.4 Å². The number of imidazole rings is 1. The summed E-state index contributed by atoms with van der Waals surface area (Å²) in [6.07, 6.45) is 6.09. The molecule has 12 nitrogen and oxygen atoms in total. The van der Waals surface area contributed by atoms with Crippen molar-refractivity contribution in [2.45, 2.75) is 31.6 Å². The number of carbonyl (C=O) groups excluding carboxylic acids is 3. The van der Waals surface area contributed by atoms with Crippen molar-refractivity contribution in [1.82, 2.24) is 29.5 Å². The molecule has 15 heteroatoms. The summed E-state index contributed by atoms with van der Waals surface area (Å²) in [5.41, 5.74) is 2.11. The van der Waals surface area contributed by atoms with Crippen LogP contribution in [0.3, 0.4) is 0 Å². The largest absolute Gasteiger partial charge is 0.381 e. The molecule has 0 saturated carbocycles. The molecule has 3 aliphatic rings. The number of nitrogens with one attached hydrogen (secondary N) is 2. The van der Waals surface area contributed by atoms with Crippen LogP contribution in [0.4, 0.5) is 14.5 Å². The second-order valence-electron chi connectivity index (χ2n) is 14.8. The van der Waals surface area contributed by atoms with Gasteiger partial charge in [-0.2, -0.15) is 5.10 Å². The number of nitrogens with zero attached hydrogens (tertiary/aromatic N) is 6. The zero-order valence-corrected chi connectivity index (χ0v) is 30.9. The fraction of sp³-hybridized carbons (Fsp3) is 0.447. The quantitative estimate of drug-likeness (QED) is 0.247. The molecule has 3 fully saturated rings. The van der Waals surface area contributed by atoms with Crippen molar-refractivity contribution in [3.63, 3.8) is 0 Å². The number of hydrogen-bond donors (Lipinski definition) is 2. The molecule has 0 aliphatic carbocycles. The number of anilines is 1. The lowest BCUT2D eigenvalue weighted by molar-refractivity contribution is -0.895. The van der Waals surface area contributed by atoms with Crippen molar-refractivity contribution in [3.05, 3.63) is 76.5 Å². The number of benzene rings is 2. The summed E-state index contributed by atoms with van der Waals surface area (Å²) in [6.45, 7) is 4.90. The first-order chi connectivity index (χ1) is 25.4. The molecule has 280 valence electrons. The SMILES string of the molecule is Cn1c(-c2ccc(-c3cn[nH]c3C3CCOCC3)c(F)c2F)cnc1C(=O)Nc1ccc(C(=O)N2CCN(C(=O)C3CC[N+](C)(C)CC3)CC2)c(Cl)c1. The highest BCUT2D eigenvalue weighted by atomic mass is 35.5. The maximum atomic E-state index is 15.7. The van der Waals surface area contributed by atoms with Crippen LogP contribution in [0.5, 0.6) is 0 Å². The first kappa shape index (κ1) is 36.7. The predicted octanol–water partition coefficient (Wildman–Crippen LogP) is 5.33. The van der Waals surface area contributed by atoms with Gasteiger partial charge in [0.05, 0.1) is 55.9 Å². The number of amides is 3. The third-order valence-corrected chi connectivity index (χ3v) is 11.3. The number of piperazine rings is 1. The lowest BCUT2D eigenvalue weighted by atomic mass is 9.91. The van der Waals surface area contributed by atoms with Gasteiger partial charge in [-0.05, 0) is 37.1 Å². The fourth-order valence-electron chi connectivity index (χ4n) is 7.66. The van der Waals surface area contributed by atoms with Crippen LogP contribution in [0, 0.1) is 17.6 Å². The van der Waals surface area contributed by atoms with Gasteiger partial charge in [0.15, 0.2) is 17.5 Å². The lowest BCUT2D eigenvalue weighted by Gasteiger charge is -2.40. The van der Waals surface area contributed by atoms with Crippen LogP contribution in [-0.2, 0) is 16.6 Å². The summed E-state index contributed by atoms with van der Waals surface area (Å²) < 4.78 is 39.0. The third kappa shape index (κ3) is 7.44. The monoisotopic (exact) mass is 749 g/mol. The minimum atomic E-state index is -1.07. The van der Waals surface area contributed by atoms with Gasteiger partial charge in [-0.15, -0.1) is 0 Å². The van der Waals surface area contributed by atoms with E-state index >= 15 is 8.78 Å². The Morgan fingerprint density at radius 1 is 0.906 bits per heavy atom. The second kappa shape index (κ2) is 15.0. The van der Waals surface area contributed by atoms with E-state index in [4.69, 9.17) is 16.3 Å². The van der Waals surface area contributed by atoms with Crippen LogP contribution in [0.1, 0.15) is 58.3 Å². The molecule has 0 radical (unpaired) electrons. The van der Waals surface area contributed by atoms with E-state index in [2.05, 4.69) is 34.6 Å². The van der Waals surface area contributed by atoms with Gasteiger partial charge >= 0.3 is 0 Å². The molecule has 3 amide bonds. The summed E-state index contributed by atoms with van der Waals surface area (Å²) >= 11 is 6.55. The normalized spacial score (nSPS) is 18.3. The van der Waals surface area contributed by atoms with E-state index in [0.717, 1.165) is 48.9 Å². The zero-order valence-electron chi connectivity index (χ0n) is 30.1. The Kier molecular flexibility index (Phi) is 10.4. The molecule has 7 rings (SSSR count). The van der Waals surface area contributed by atoms with E-state index < -0.39 is 17.5 Å². The van der Waals surface area contributed by atoms with Gasteiger partial charge in [0.2, 0.25) is 5.91 Å². The van der Waals surface area contributed by atoms with Gasteiger partial charge in [-0.3, -0.25) is 19.5 Å². The molecule has 2 aromatic carbocycles. The Hall–Kier alpha value is -4.66. The predicted molar refractivity (Wildman–Crippen MR) is 195 cm³/mol. The third-order valence-electron chi connectivity index (χ3n) is 11.0. The number of hydrogen-bond acceptors (Lipinski definition) is 6. The maximum Gasteiger partial charge on any atom is 0.291 e. The molecule has 0 unspecified atom stereocenters. The summed E-state index contributed by atoms with van der Waals surface area (Å²) in [7, 11) is 5.92. The van der Waals surface area contributed by atoms with E-state index in [1.54, 1.807) is 24.1 Å². The van der Waals surface area contributed by atoms with Crippen molar-refractivity contribution in [3.8, 4) is 22.4 Å². The van der Waals surface area contributed by atoms with Gasteiger partial charge < -0.3 is 28.9 Å². The molecule has 0 atom stereocenters. The molecule has 2 aromatic heterocycles. The van der Waals surface area contributed by atoms with Crippen LogP contribution >= 0.6 is 11.6 Å². The highest BCUT2D eigenvalue weighted by Crippen LogP contribution is 2.37. The van der Waals surface area contributed by atoms with Crippen molar-refractivity contribution >= 4 is 35.0 Å². The van der Waals surface area contributed by atoms with Crippen LogP contribution in [0.25, 0.3) is 22.4 Å². The van der Waals surface area contributed by atoms with Crippen LogP contribution in [0.2, 0.25) is 5.02 Å². The van der Waals surface area contributed by atoms with E-state index in [9.17, 15) is 14.4 Å². The Labute approximate surface area is 311 Å². The van der Waals surface area contributed by atoms with E-state index in [0.29, 0.717) is 50.6 Å². The maximum absolute atomic E-state index is 15.7. The number of halogens is 3. The average Bonchev–Trinajstić information content (AvgIpc) is 3.80. The minimum Gasteiger partial charge on any atom is -0.381 e.